The summed E-state index contributed by atoms with van der Waals surface area (Å²) in [5, 5.41) is 4.03. The average Bonchev–Trinajstić information content (AvgIpc) is 3.33. The first-order valence-corrected chi connectivity index (χ1v) is 10.0. The molecule has 4 rings (SSSR count). The highest BCUT2D eigenvalue weighted by Gasteiger charge is 2.25. The minimum atomic E-state index is 0.0776. The van der Waals surface area contributed by atoms with Gasteiger partial charge in [-0.1, -0.05) is 41.6 Å². The standard InChI is InChI=1S/C24H25N3O2/c1-17-24(18(2)29-26-17)22-10-6-9-21(25-22)15-20-13-14-27(16-20)23(28)12-11-19-7-4-3-5-8-19/h3-12,20H,13-16H2,1-2H3/b12-11+/t20-/m1/s1. The van der Waals surface area contributed by atoms with E-state index in [2.05, 4.69) is 11.2 Å². The minimum absolute atomic E-state index is 0.0776. The number of aromatic nitrogens is 2. The lowest BCUT2D eigenvalue weighted by Gasteiger charge is -2.14. The van der Waals surface area contributed by atoms with Crippen molar-refractivity contribution < 1.29 is 9.32 Å². The number of aryl methyl sites for hydroxylation is 2. The third-order valence-corrected chi connectivity index (χ3v) is 5.41. The number of amides is 1. The molecule has 5 nitrogen and oxygen atoms in total. The smallest absolute Gasteiger partial charge is 0.246 e. The van der Waals surface area contributed by atoms with E-state index in [-0.39, 0.29) is 5.91 Å². The first-order chi connectivity index (χ1) is 14.1. The predicted molar refractivity (Wildman–Crippen MR) is 113 cm³/mol. The molecule has 29 heavy (non-hydrogen) atoms. The van der Waals surface area contributed by atoms with Crippen molar-refractivity contribution in [3.8, 4) is 11.3 Å². The molecule has 3 aromatic rings. The Morgan fingerprint density at radius 3 is 2.76 bits per heavy atom. The van der Waals surface area contributed by atoms with Gasteiger partial charge in [-0.2, -0.15) is 0 Å². The molecule has 1 saturated heterocycles. The van der Waals surface area contributed by atoms with Crippen molar-refractivity contribution in [2.24, 2.45) is 5.92 Å². The molecule has 148 valence electrons. The molecule has 1 atom stereocenters. The zero-order chi connectivity index (χ0) is 20.2. The molecule has 1 aliphatic heterocycles. The summed E-state index contributed by atoms with van der Waals surface area (Å²) >= 11 is 0. The molecule has 0 radical (unpaired) electrons. The molecule has 0 bridgehead atoms. The van der Waals surface area contributed by atoms with E-state index in [1.807, 2.05) is 67.3 Å². The average molecular weight is 387 g/mol. The molecule has 0 unspecified atom stereocenters. The van der Waals surface area contributed by atoms with Gasteiger partial charge in [0.1, 0.15) is 5.76 Å². The van der Waals surface area contributed by atoms with Crippen LogP contribution in [0.15, 0.2) is 59.1 Å². The number of carbonyl (C=O) groups is 1. The molecule has 1 aromatic carbocycles. The van der Waals surface area contributed by atoms with Gasteiger partial charge >= 0.3 is 0 Å². The number of carbonyl (C=O) groups excluding carboxylic acids is 1. The van der Waals surface area contributed by atoms with Gasteiger partial charge in [0.15, 0.2) is 0 Å². The molecule has 3 heterocycles. The summed E-state index contributed by atoms with van der Waals surface area (Å²) in [5.41, 5.74) is 4.81. The Morgan fingerprint density at radius 1 is 1.17 bits per heavy atom. The normalized spacial score (nSPS) is 16.6. The van der Waals surface area contributed by atoms with E-state index >= 15 is 0 Å². The van der Waals surface area contributed by atoms with Crippen LogP contribution in [0.1, 0.15) is 29.1 Å². The number of hydrogen-bond donors (Lipinski definition) is 0. The van der Waals surface area contributed by atoms with Gasteiger partial charge in [-0.3, -0.25) is 9.78 Å². The SMILES string of the molecule is Cc1noc(C)c1-c1cccc(C[C@H]2CCN(C(=O)/C=C/c3ccccc3)C2)n1. The first-order valence-electron chi connectivity index (χ1n) is 10.0. The predicted octanol–water partition coefficient (Wildman–Crippen LogP) is 4.46. The fraction of sp³-hybridized carbons (Fsp3) is 0.292. The lowest BCUT2D eigenvalue weighted by atomic mass is 10.0. The van der Waals surface area contributed by atoms with Gasteiger partial charge in [-0.05, 0) is 56.4 Å². The fourth-order valence-electron chi connectivity index (χ4n) is 3.91. The van der Waals surface area contributed by atoms with Crippen molar-refractivity contribution in [3.05, 3.63) is 77.3 Å². The van der Waals surface area contributed by atoms with Gasteiger partial charge in [0.25, 0.3) is 0 Å². The number of likely N-dealkylation sites (tertiary alicyclic amines) is 1. The van der Waals surface area contributed by atoms with Crippen molar-refractivity contribution in [2.45, 2.75) is 26.7 Å². The van der Waals surface area contributed by atoms with Gasteiger partial charge in [0.2, 0.25) is 5.91 Å². The molecular weight excluding hydrogens is 362 g/mol. The van der Waals surface area contributed by atoms with E-state index in [1.165, 1.54) is 0 Å². The summed E-state index contributed by atoms with van der Waals surface area (Å²) in [7, 11) is 0. The highest BCUT2D eigenvalue weighted by Crippen LogP contribution is 2.26. The van der Waals surface area contributed by atoms with Gasteiger partial charge in [0.05, 0.1) is 17.0 Å². The van der Waals surface area contributed by atoms with Crippen LogP contribution in [0.2, 0.25) is 0 Å². The molecule has 1 fully saturated rings. The van der Waals surface area contributed by atoms with Crippen molar-refractivity contribution in [1.29, 1.82) is 0 Å². The zero-order valence-electron chi connectivity index (χ0n) is 16.8. The third-order valence-electron chi connectivity index (χ3n) is 5.41. The van der Waals surface area contributed by atoms with E-state index in [0.717, 1.165) is 59.9 Å². The van der Waals surface area contributed by atoms with Crippen molar-refractivity contribution in [2.75, 3.05) is 13.1 Å². The van der Waals surface area contributed by atoms with Crippen molar-refractivity contribution >= 4 is 12.0 Å². The molecule has 0 spiro atoms. The largest absolute Gasteiger partial charge is 0.361 e. The van der Waals surface area contributed by atoms with Crippen LogP contribution >= 0.6 is 0 Å². The van der Waals surface area contributed by atoms with Crippen LogP contribution in [0, 0.1) is 19.8 Å². The first kappa shape index (κ1) is 19.1. The van der Waals surface area contributed by atoms with Crippen LogP contribution in [0.4, 0.5) is 0 Å². The summed E-state index contributed by atoms with van der Waals surface area (Å²) in [5.74, 6) is 1.29. The Labute approximate surface area is 171 Å². The van der Waals surface area contributed by atoms with Crippen molar-refractivity contribution in [3.63, 3.8) is 0 Å². The molecule has 1 aliphatic rings. The van der Waals surface area contributed by atoms with E-state index in [4.69, 9.17) is 9.51 Å². The topological polar surface area (TPSA) is 59.2 Å². The monoisotopic (exact) mass is 387 g/mol. The Hall–Kier alpha value is -3.21. The number of nitrogens with zero attached hydrogens (tertiary/aromatic N) is 3. The Balaban J connectivity index is 1.39. The van der Waals surface area contributed by atoms with Gasteiger partial charge in [-0.15, -0.1) is 0 Å². The zero-order valence-corrected chi connectivity index (χ0v) is 16.8. The maximum absolute atomic E-state index is 12.5. The van der Waals surface area contributed by atoms with Gasteiger partial charge in [-0.25, -0.2) is 0 Å². The maximum atomic E-state index is 12.5. The summed E-state index contributed by atoms with van der Waals surface area (Å²) < 4.78 is 5.28. The lowest BCUT2D eigenvalue weighted by molar-refractivity contribution is -0.125. The second-order valence-corrected chi connectivity index (χ2v) is 7.60. The summed E-state index contributed by atoms with van der Waals surface area (Å²) in [6.45, 7) is 5.41. The Kier molecular flexibility index (Phi) is 5.56. The molecule has 5 heteroatoms. The van der Waals surface area contributed by atoms with E-state index in [1.54, 1.807) is 6.08 Å². The summed E-state index contributed by atoms with van der Waals surface area (Å²) in [6.07, 6.45) is 5.42. The highest BCUT2D eigenvalue weighted by molar-refractivity contribution is 5.91. The van der Waals surface area contributed by atoms with E-state index in [9.17, 15) is 4.79 Å². The quantitative estimate of drug-likeness (QED) is 0.607. The van der Waals surface area contributed by atoms with Crippen LogP contribution in [-0.4, -0.2) is 34.0 Å². The summed E-state index contributed by atoms with van der Waals surface area (Å²) in [4.78, 5) is 19.3. The van der Waals surface area contributed by atoms with Gasteiger partial charge in [0, 0.05) is 24.9 Å². The second-order valence-electron chi connectivity index (χ2n) is 7.60. The number of benzene rings is 1. The summed E-state index contributed by atoms with van der Waals surface area (Å²) in [6, 6.07) is 16.0. The number of rotatable bonds is 5. The van der Waals surface area contributed by atoms with Crippen LogP contribution in [0.25, 0.3) is 17.3 Å². The molecular formula is C24H25N3O2. The molecule has 1 amide bonds. The highest BCUT2D eigenvalue weighted by atomic mass is 16.5. The fourth-order valence-corrected chi connectivity index (χ4v) is 3.91. The van der Waals surface area contributed by atoms with E-state index < -0.39 is 0 Å². The Bertz CT molecular complexity index is 1000. The van der Waals surface area contributed by atoms with Gasteiger partial charge < -0.3 is 9.42 Å². The van der Waals surface area contributed by atoms with Crippen LogP contribution in [-0.2, 0) is 11.2 Å². The van der Waals surface area contributed by atoms with E-state index in [0.29, 0.717) is 5.92 Å². The molecule has 0 aliphatic carbocycles. The molecule has 2 aromatic heterocycles. The Morgan fingerprint density at radius 2 is 2.00 bits per heavy atom. The minimum Gasteiger partial charge on any atom is -0.361 e. The third kappa shape index (κ3) is 4.45. The van der Waals surface area contributed by atoms with Crippen LogP contribution in [0.3, 0.4) is 0 Å². The molecule has 0 N–H and O–H groups in total. The number of pyridine rings is 1. The van der Waals surface area contributed by atoms with Crippen LogP contribution in [0.5, 0.6) is 0 Å². The second kappa shape index (κ2) is 8.43. The maximum Gasteiger partial charge on any atom is 0.246 e. The van der Waals surface area contributed by atoms with Crippen LogP contribution < -0.4 is 0 Å². The lowest BCUT2D eigenvalue weighted by Crippen LogP contribution is -2.27. The number of hydrogen-bond acceptors (Lipinski definition) is 4. The van der Waals surface area contributed by atoms with Crippen molar-refractivity contribution in [1.82, 2.24) is 15.0 Å². The molecule has 0 saturated carbocycles.